The van der Waals surface area contributed by atoms with Gasteiger partial charge in [-0.2, -0.15) is 5.10 Å². The van der Waals surface area contributed by atoms with Gasteiger partial charge in [-0.3, -0.25) is 5.43 Å². The van der Waals surface area contributed by atoms with Crippen molar-refractivity contribution in [3.8, 4) is 0 Å². The van der Waals surface area contributed by atoms with Gasteiger partial charge in [-0.15, -0.1) is 0 Å². The van der Waals surface area contributed by atoms with Crippen molar-refractivity contribution in [2.75, 3.05) is 5.43 Å². The summed E-state index contributed by atoms with van der Waals surface area (Å²) in [6, 6.07) is 20.5. The van der Waals surface area contributed by atoms with Crippen LogP contribution in [0.3, 0.4) is 0 Å². The van der Waals surface area contributed by atoms with Gasteiger partial charge >= 0.3 is 0 Å². The second-order valence-electron chi connectivity index (χ2n) is 5.33. The molecule has 0 spiro atoms. The minimum absolute atomic E-state index is 0.739. The number of anilines is 1. The lowest BCUT2D eigenvalue weighted by atomic mass is 10.0. The summed E-state index contributed by atoms with van der Waals surface area (Å²) >= 11 is 6.12. The summed E-state index contributed by atoms with van der Waals surface area (Å²) in [6.45, 7) is 3.97. The molecule has 0 saturated carbocycles. The van der Waals surface area contributed by atoms with Crippen LogP contribution in [-0.4, -0.2) is 5.71 Å². The van der Waals surface area contributed by atoms with Crippen LogP contribution >= 0.6 is 11.6 Å². The molecule has 0 unspecified atom stereocenters. The normalized spacial score (nSPS) is 11.7. The summed E-state index contributed by atoms with van der Waals surface area (Å²) in [4.78, 5) is 0. The fourth-order valence-corrected chi connectivity index (χ4v) is 2.47. The van der Waals surface area contributed by atoms with E-state index in [0.717, 1.165) is 27.5 Å². The van der Waals surface area contributed by atoms with Crippen LogP contribution in [0.5, 0.6) is 0 Å². The van der Waals surface area contributed by atoms with E-state index in [-0.39, 0.29) is 0 Å². The van der Waals surface area contributed by atoms with Gasteiger partial charge in [0.1, 0.15) is 0 Å². The largest absolute Gasteiger partial charge is 0.278 e. The Hall–Kier alpha value is -2.32. The van der Waals surface area contributed by atoms with Crippen LogP contribution < -0.4 is 5.43 Å². The Morgan fingerprint density at radius 1 is 0.955 bits per heavy atom. The van der Waals surface area contributed by atoms with E-state index in [1.807, 2.05) is 44.2 Å². The maximum Gasteiger partial charge on any atom is 0.0648 e. The van der Waals surface area contributed by atoms with E-state index < -0.39 is 0 Å². The summed E-state index contributed by atoms with van der Waals surface area (Å²) in [5.74, 6) is 0. The molecule has 110 valence electrons. The van der Waals surface area contributed by atoms with Crippen molar-refractivity contribution in [1.29, 1.82) is 0 Å². The first-order valence-corrected chi connectivity index (χ1v) is 7.57. The number of halogens is 1. The second kappa shape index (κ2) is 6.20. The lowest BCUT2D eigenvalue weighted by Crippen LogP contribution is -1.99. The van der Waals surface area contributed by atoms with Crippen molar-refractivity contribution < 1.29 is 0 Å². The number of benzene rings is 3. The van der Waals surface area contributed by atoms with Gasteiger partial charge in [-0.05, 0) is 53.9 Å². The van der Waals surface area contributed by atoms with E-state index in [4.69, 9.17) is 11.6 Å². The van der Waals surface area contributed by atoms with Crippen molar-refractivity contribution >= 4 is 33.8 Å². The average molecular weight is 309 g/mol. The molecular formula is C19H17ClN2. The van der Waals surface area contributed by atoms with Gasteiger partial charge in [0.2, 0.25) is 0 Å². The predicted molar refractivity (Wildman–Crippen MR) is 96.0 cm³/mol. The van der Waals surface area contributed by atoms with Gasteiger partial charge in [0.15, 0.2) is 0 Å². The molecule has 0 fully saturated rings. The Morgan fingerprint density at radius 2 is 1.73 bits per heavy atom. The Morgan fingerprint density at radius 3 is 2.50 bits per heavy atom. The molecule has 3 aromatic carbocycles. The molecule has 0 amide bonds. The number of aryl methyl sites for hydroxylation is 1. The molecule has 0 heterocycles. The van der Waals surface area contributed by atoms with Crippen LogP contribution in [-0.2, 0) is 0 Å². The van der Waals surface area contributed by atoms with Gasteiger partial charge in [-0.25, -0.2) is 0 Å². The number of rotatable bonds is 3. The van der Waals surface area contributed by atoms with E-state index in [2.05, 4.69) is 40.9 Å². The molecule has 0 saturated heterocycles. The topological polar surface area (TPSA) is 24.4 Å². The number of hydrogen-bond acceptors (Lipinski definition) is 2. The predicted octanol–water partition coefficient (Wildman–Crippen LogP) is 5.64. The minimum atomic E-state index is 0.739. The Kier molecular flexibility index (Phi) is 4.12. The van der Waals surface area contributed by atoms with Gasteiger partial charge < -0.3 is 0 Å². The van der Waals surface area contributed by atoms with Gasteiger partial charge in [0.25, 0.3) is 0 Å². The third-order valence-electron chi connectivity index (χ3n) is 3.69. The highest BCUT2D eigenvalue weighted by atomic mass is 35.5. The number of fused-ring (bicyclic) bond motifs is 1. The third kappa shape index (κ3) is 3.12. The fourth-order valence-electron chi connectivity index (χ4n) is 2.29. The fraction of sp³-hybridized carbons (Fsp3) is 0.105. The Balaban J connectivity index is 1.84. The summed E-state index contributed by atoms with van der Waals surface area (Å²) in [5, 5.41) is 7.64. The van der Waals surface area contributed by atoms with Crippen LogP contribution in [0, 0.1) is 6.92 Å². The first-order valence-electron chi connectivity index (χ1n) is 7.19. The van der Waals surface area contributed by atoms with Crippen molar-refractivity contribution in [1.82, 2.24) is 0 Å². The van der Waals surface area contributed by atoms with Crippen LogP contribution in [0.25, 0.3) is 10.8 Å². The highest BCUT2D eigenvalue weighted by Gasteiger charge is 2.01. The average Bonchev–Trinajstić information content (AvgIpc) is 2.55. The molecule has 0 aromatic heterocycles. The zero-order chi connectivity index (χ0) is 15.5. The van der Waals surface area contributed by atoms with Crippen molar-refractivity contribution in [2.24, 2.45) is 5.10 Å². The highest BCUT2D eigenvalue weighted by molar-refractivity contribution is 6.31. The van der Waals surface area contributed by atoms with Gasteiger partial charge in [0.05, 0.1) is 11.4 Å². The third-order valence-corrected chi connectivity index (χ3v) is 4.10. The number of hydrazone groups is 1. The van der Waals surface area contributed by atoms with E-state index in [9.17, 15) is 0 Å². The zero-order valence-electron chi connectivity index (χ0n) is 12.6. The van der Waals surface area contributed by atoms with E-state index >= 15 is 0 Å². The van der Waals surface area contributed by atoms with Gasteiger partial charge in [0, 0.05) is 5.02 Å². The molecule has 0 aliphatic heterocycles. The number of nitrogens with zero attached hydrogens (tertiary/aromatic N) is 1. The minimum Gasteiger partial charge on any atom is -0.278 e. The van der Waals surface area contributed by atoms with Crippen molar-refractivity contribution in [3.05, 3.63) is 76.8 Å². The Labute approximate surface area is 135 Å². The van der Waals surface area contributed by atoms with E-state index in [1.54, 1.807) is 0 Å². The molecule has 0 atom stereocenters. The summed E-state index contributed by atoms with van der Waals surface area (Å²) in [6.07, 6.45) is 0. The monoisotopic (exact) mass is 308 g/mol. The number of nitrogens with one attached hydrogen (secondary N) is 1. The first-order chi connectivity index (χ1) is 10.6. The SMILES string of the molecule is CC(=NNc1ccc(C)c(Cl)c1)c1ccc2ccccc2c1. The van der Waals surface area contributed by atoms with Crippen molar-refractivity contribution in [3.63, 3.8) is 0 Å². The quantitative estimate of drug-likeness (QED) is 0.491. The van der Waals surface area contributed by atoms with Crippen LogP contribution in [0.1, 0.15) is 18.1 Å². The molecule has 0 radical (unpaired) electrons. The molecule has 3 aromatic rings. The molecule has 1 N–H and O–H groups in total. The zero-order valence-corrected chi connectivity index (χ0v) is 13.4. The first kappa shape index (κ1) is 14.6. The van der Waals surface area contributed by atoms with Crippen molar-refractivity contribution in [2.45, 2.75) is 13.8 Å². The maximum atomic E-state index is 6.12. The van der Waals surface area contributed by atoms with Gasteiger partial charge in [-0.1, -0.05) is 54.1 Å². The summed E-state index contributed by atoms with van der Waals surface area (Å²) < 4.78 is 0. The molecule has 3 rings (SSSR count). The van der Waals surface area contributed by atoms with E-state index in [0.29, 0.717) is 0 Å². The lowest BCUT2D eigenvalue weighted by molar-refractivity contribution is 1.31. The maximum absolute atomic E-state index is 6.12. The molecule has 0 aliphatic carbocycles. The lowest BCUT2D eigenvalue weighted by Gasteiger charge is -2.06. The Bertz CT molecular complexity index is 853. The molecule has 22 heavy (non-hydrogen) atoms. The summed E-state index contributed by atoms with van der Waals surface area (Å²) in [7, 11) is 0. The van der Waals surface area contributed by atoms with Crippen LogP contribution in [0.4, 0.5) is 5.69 Å². The second-order valence-corrected chi connectivity index (χ2v) is 5.74. The molecule has 2 nitrogen and oxygen atoms in total. The highest BCUT2D eigenvalue weighted by Crippen LogP contribution is 2.20. The molecule has 0 bridgehead atoms. The number of hydrogen-bond donors (Lipinski definition) is 1. The van der Waals surface area contributed by atoms with Crippen LogP contribution in [0.2, 0.25) is 5.02 Å². The molecule has 0 aliphatic rings. The smallest absolute Gasteiger partial charge is 0.0648 e. The molecule has 3 heteroatoms. The molecular weight excluding hydrogens is 292 g/mol. The summed E-state index contributed by atoms with van der Waals surface area (Å²) in [5.41, 5.74) is 7.04. The standard InChI is InChI=1S/C19H17ClN2/c1-13-7-10-18(12-19(13)20)22-21-14(2)16-9-8-15-5-3-4-6-17(15)11-16/h3-12,22H,1-2H3. The van der Waals surface area contributed by atoms with Crippen LogP contribution in [0.15, 0.2) is 65.8 Å². The van der Waals surface area contributed by atoms with E-state index in [1.165, 1.54) is 10.8 Å².